The van der Waals surface area contributed by atoms with Crippen LogP contribution < -0.4 is 0 Å². The first-order chi connectivity index (χ1) is 24.7. The van der Waals surface area contributed by atoms with Gasteiger partial charge in [-0.1, -0.05) is 97.9 Å². The van der Waals surface area contributed by atoms with E-state index in [9.17, 15) is 0 Å². The highest BCUT2D eigenvalue weighted by Crippen LogP contribution is 2.41. The molecule has 0 aromatic heterocycles. The number of aliphatic hydroxyl groups excluding tert-OH is 1. The molecule has 8 saturated heterocycles. The predicted octanol–water partition coefficient (Wildman–Crippen LogP) is 6.26. The fraction of sp³-hybridized carbons (Fsp3) is 0.692. The first-order valence-electron chi connectivity index (χ1n) is 18.0. The Bertz CT molecular complexity index is 1250. The maximum absolute atomic E-state index is 9.12. The molecule has 0 amide bonds. The zero-order valence-electron chi connectivity index (χ0n) is 29.7. The normalized spacial score (nSPS) is 36.4. The molecule has 2 aromatic carbocycles. The first kappa shape index (κ1) is 41.6. The van der Waals surface area contributed by atoms with Gasteiger partial charge in [-0.25, -0.2) is 0 Å². The molecule has 292 valence electrons. The maximum Gasteiger partial charge on any atom is 0.283 e. The van der Waals surface area contributed by atoms with E-state index < -0.39 is 18.1 Å². The SMILES string of the molecule is C.CC12COC(CCCBr)(OC1)OC2.CC12COC(CCCOC3COC(c4ccccc4)OC3)(OC1)OC2.OC1COC(c2ccccc2)OC1. The Hall–Kier alpha value is -1.56. The van der Waals surface area contributed by atoms with Crippen LogP contribution in [0.15, 0.2) is 60.7 Å². The minimum Gasteiger partial charge on any atom is -0.388 e. The summed E-state index contributed by atoms with van der Waals surface area (Å²) < 4.78 is 62.1. The number of benzene rings is 2. The van der Waals surface area contributed by atoms with E-state index in [1.165, 1.54) is 0 Å². The van der Waals surface area contributed by atoms with Gasteiger partial charge in [0.25, 0.3) is 11.9 Å². The van der Waals surface area contributed by atoms with Crippen molar-refractivity contribution >= 4 is 15.9 Å². The van der Waals surface area contributed by atoms with Crippen LogP contribution in [0.25, 0.3) is 0 Å². The van der Waals surface area contributed by atoms with Crippen molar-refractivity contribution in [3.05, 3.63) is 71.8 Å². The van der Waals surface area contributed by atoms with Crippen LogP contribution in [0.2, 0.25) is 0 Å². The lowest BCUT2D eigenvalue weighted by Crippen LogP contribution is -2.58. The smallest absolute Gasteiger partial charge is 0.283 e. The van der Waals surface area contributed by atoms with E-state index in [1.807, 2.05) is 60.7 Å². The average Bonchev–Trinajstić information content (AvgIpc) is 3.19. The van der Waals surface area contributed by atoms with Crippen LogP contribution in [0.5, 0.6) is 0 Å². The molecular weight excluding hydrogens is 740 g/mol. The summed E-state index contributed by atoms with van der Waals surface area (Å²) in [6.07, 6.45) is 2.16. The highest BCUT2D eigenvalue weighted by Gasteiger charge is 2.50. The third-order valence-electron chi connectivity index (χ3n) is 9.33. The third-order valence-corrected chi connectivity index (χ3v) is 9.89. The summed E-state index contributed by atoms with van der Waals surface area (Å²) in [5.74, 6) is -1.58. The number of alkyl halides is 1. The van der Waals surface area contributed by atoms with Crippen LogP contribution in [0.4, 0.5) is 0 Å². The Morgan fingerprint density at radius 1 is 0.615 bits per heavy atom. The van der Waals surface area contributed by atoms with Gasteiger partial charge in [0.1, 0.15) is 12.2 Å². The van der Waals surface area contributed by atoms with Crippen molar-refractivity contribution in [2.75, 3.05) is 78.0 Å². The number of aliphatic hydroxyl groups is 1. The average molecular weight is 798 g/mol. The van der Waals surface area contributed by atoms with Gasteiger partial charge in [-0.05, 0) is 12.8 Å². The van der Waals surface area contributed by atoms with E-state index in [0.717, 1.165) is 55.5 Å². The fourth-order valence-electron chi connectivity index (χ4n) is 6.14. The molecule has 52 heavy (non-hydrogen) atoms. The molecule has 10 rings (SSSR count). The number of hydrogen-bond acceptors (Lipinski definition) is 12. The van der Waals surface area contributed by atoms with Gasteiger partial charge in [-0.15, -0.1) is 0 Å². The molecule has 1 N–H and O–H groups in total. The Morgan fingerprint density at radius 3 is 1.40 bits per heavy atom. The molecule has 4 bridgehead atoms. The Kier molecular flexibility index (Phi) is 15.5. The zero-order valence-corrected chi connectivity index (χ0v) is 31.3. The largest absolute Gasteiger partial charge is 0.388 e. The number of halogens is 1. The molecule has 0 unspecified atom stereocenters. The van der Waals surface area contributed by atoms with E-state index in [-0.39, 0.29) is 36.9 Å². The molecule has 0 aliphatic carbocycles. The van der Waals surface area contributed by atoms with Gasteiger partial charge in [-0.2, -0.15) is 0 Å². The lowest BCUT2D eigenvalue weighted by Gasteiger charge is -2.50. The summed E-state index contributed by atoms with van der Waals surface area (Å²) in [5, 5.41) is 10.1. The van der Waals surface area contributed by atoms with E-state index in [2.05, 4.69) is 29.8 Å². The zero-order chi connectivity index (χ0) is 35.6. The Balaban J connectivity index is 0.000000164. The summed E-state index contributed by atoms with van der Waals surface area (Å²) in [7, 11) is 0. The number of hydrogen-bond donors (Lipinski definition) is 1. The molecule has 0 saturated carbocycles. The van der Waals surface area contributed by atoms with Crippen LogP contribution in [0.3, 0.4) is 0 Å². The summed E-state index contributed by atoms with van der Waals surface area (Å²) in [6, 6.07) is 19.7. The lowest BCUT2D eigenvalue weighted by molar-refractivity contribution is -0.468. The number of fused-ring (bicyclic) bond motifs is 6. The predicted molar refractivity (Wildman–Crippen MR) is 194 cm³/mol. The standard InChI is InChI=1S/C19H26O6.C10H12O3.C9H15BrO3.CH4/c1-18-12-23-19(24-13-18,25-14-18)8-5-9-20-16-10-21-17(22-11-16)15-6-3-2-4-7-15;11-9-6-12-10(13-7-9)8-4-2-1-3-5-8;1-8-5-11-9(12-6-8,13-7-8)3-2-4-10;/h2-4,6-7,16-17H,5,8-14H2,1H3;1-5,9-11H,6-7H2;2-7H2,1H3;1H4. The maximum atomic E-state index is 9.12. The van der Waals surface area contributed by atoms with E-state index >= 15 is 0 Å². The molecule has 8 aliphatic rings. The molecule has 12 nitrogen and oxygen atoms in total. The summed E-state index contributed by atoms with van der Waals surface area (Å²) in [5.41, 5.74) is 2.11. The molecule has 8 fully saturated rings. The summed E-state index contributed by atoms with van der Waals surface area (Å²) >= 11 is 3.39. The van der Waals surface area contributed by atoms with Crippen molar-refractivity contribution in [1.82, 2.24) is 0 Å². The summed E-state index contributed by atoms with van der Waals surface area (Å²) in [6.45, 7) is 11.0. The van der Waals surface area contributed by atoms with Crippen LogP contribution >= 0.6 is 15.9 Å². The van der Waals surface area contributed by atoms with Crippen LogP contribution in [0.1, 0.15) is 70.7 Å². The van der Waals surface area contributed by atoms with Gasteiger partial charge < -0.3 is 57.2 Å². The molecule has 0 atom stereocenters. The Labute approximate surface area is 316 Å². The minimum absolute atomic E-state index is 0. The van der Waals surface area contributed by atoms with Crippen molar-refractivity contribution in [2.45, 2.75) is 83.7 Å². The second-order valence-corrected chi connectivity index (χ2v) is 15.4. The molecule has 13 heteroatoms. The minimum atomic E-state index is -0.862. The van der Waals surface area contributed by atoms with Gasteiger partial charge in [0.15, 0.2) is 12.6 Å². The van der Waals surface area contributed by atoms with Gasteiger partial charge in [0.2, 0.25) is 0 Å². The van der Waals surface area contributed by atoms with Crippen LogP contribution in [-0.4, -0.2) is 107 Å². The fourth-order valence-corrected chi connectivity index (χ4v) is 6.42. The molecular formula is C39H57BrO12. The lowest BCUT2D eigenvalue weighted by atomic mass is 9.91. The van der Waals surface area contributed by atoms with E-state index in [0.29, 0.717) is 59.3 Å². The van der Waals surface area contributed by atoms with E-state index in [1.54, 1.807) is 0 Å². The second kappa shape index (κ2) is 19.3. The Morgan fingerprint density at radius 2 is 1.00 bits per heavy atom. The van der Waals surface area contributed by atoms with Gasteiger partial charge in [-0.3, -0.25) is 0 Å². The number of ether oxygens (including phenoxy) is 11. The molecule has 0 spiro atoms. The monoisotopic (exact) mass is 796 g/mol. The first-order valence-corrected chi connectivity index (χ1v) is 19.1. The quantitative estimate of drug-likeness (QED) is 0.216. The molecule has 0 radical (unpaired) electrons. The second-order valence-electron chi connectivity index (χ2n) is 14.6. The summed E-state index contributed by atoms with van der Waals surface area (Å²) in [4.78, 5) is 0. The van der Waals surface area contributed by atoms with Gasteiger partial charge in [0.05, 0.1) is 66.1 Å². The van der Waals surface area contributed by atoms with Crippen molar-refractivity contribution in [1.29, 1.82) is 0 Å². The highest BCUT2D eigenvalue weighted by molar-refractivity contribution is 9.09. The van der Waals surface area contributed by atoms with Gasteiger partial charge in [0, 0.05) is 46.7 Å². The van der Waals surface area contributed by atoms with Crippen molar-refractivity contribution in [3.63, 3.8) is 0 Å². The van der Waals surface area contributed by atoms with Crippen molar-refractivity contribution in [2.24, 2.45) is 10.8 Å². The topological polar surface area (TPSA) is 122 Å². The van der Waals surface area contributed by atoms with Crippen LogP contribution in [0, 0.1) is 10.8 Å². The van der Waals surface area contributed by atoms with Gasteiger partial charge >= 0.3 is 0 Å². The van der Waals surface area contributed by atoms with Crippen molar-refractivity contribution < 1.29 is 57.2 Å². The number of rotatable bonds is 10. The van der Waals surface area contributed by atoms with Crippen molar-refractivity contribution in [3.8, 4) is 0 Å². The highest BCUT2D eigenvalue weighted by atomic mass is 79.9. The van der Waals surface area contributed by atoms with E-state index in [4.69, 9.17) is 57.2 Å². The third kappa shape index (κ3) is 11.5. The molecule has 2 aromatic rings. The van der Waals surface area contributed by atoms with Crippen LogP contribution in [-0.2, 0) is 52.1 Å². The molecule has 8 aliphatic heterocycles. The molecule has 8 heterocycles.